The van der Waals surface area contributed by atoms with Gasteiger partial charge >= 0.3 is 5.97 Å². The molecule has 2 aromatic rings. The number of carbonyl (C=O) groups is 1. The number of hydrogen-bond acceptors (Lipinski definition) is 4. The zero-order chi connectivity index (χ0) is 19.5. The quantitative estimate of drug-likeness (QED) is 0.881. The molecule has 3 heterocycles. The van der Waals surface area contributed by atoms with Crippen molar-refractivity contribution in [3.05, 3.63) is 51.3 Å². The largest absolute Gasteiger partial charge is 0.493 e. The molecule has 1 N–H and O–H groups in total. The van der Waals surface area contributed by atoms with Gasteiger partial charge in [-0.1, -0.05) is 0 Å². The van der Waals surface area contributed by atoms with Gasteiger partial charge in [-0.15, -0.1) is 0 Å². The first kappa shape index (κ1) is 17.5. The fraction of sp³-hybridized carbons (Fsp3) is 0.455. The van der Waals surface area contributed by atoms with E-state index in [2.05, 4.69) is 16.7 Å². The highest BCUT2D eigenvalue weighted by Crippen LogP contribution is 2.49. The Morgan fingerprint density at radius 1 is 1.32 bits per heavy atom. The monoisotopic (exact) mass is 381 g/mol. The molecule has 0 amide bonds. The van der Waals surface area contributed by atoms with E-state index in [1.807, 2.05) is 6.92 Å². The fourth-order valence-electron chi connectivity index (χ4n) is 4.60. The standard InChI is InChI=1S/C22H23NO5/c1-13-5-16-15(6-20(13)28-12-14-10-27-11-14)8-22(3-2-4-22)23-9-17(21(25)26)19(24)7-18(16)23/h5-7,9,14H,2-4,8,10-12H2,1H3,(H,25,26). The molecule has 6 nitrogen and oxygen atoms in total. The maximum absolute atomic E-state index is 12.4. The Morgan fingerprint density at radius 3 is 2.71 bits per heavy atom. The van der Waals surface area contributed by atoms with Gasteiger partial charge in [0.15, 0.2) is 5.43 Å². The van der Waals surface area contributed by atoms with Crippen LogP contribution >= 0.6 is 0 Å². The molecule has 2 fully saturated rings. The molecule has 1 saturated heterocycles. The Morgan fingerprint density at radius 2 is 2.11 bits per heavy atom. The summed E-state index contributed by atoms with van der Waals surface area (Å²) in [5.74, 6) is 0.181. The molecule has 1 aliphatic carbocycles. The first-order valence-electron chi connectivity index (χ1n) is 9.82. The summed E-state index contributed by atoms with van der Waals surface area (Å²) in [6.45, 7) is 4.18. The first-order chi connectivity index (χ1) is 13.5. The number of carboxylic acids is 1. The molecule has 1 aromatic heterocycles. The number of hydrogen-bond donors (Lipinski definition) is 1. The highest BCUT2D eigenvalue weighted by Gasteiger charge is 2.43. The van der Waals surface area contributed by atoms with Crippen LogP contribution in [0.3, 0.4) is 0 Å². The average Bonchev–Trinajstić information content (AvgIpc) is 2.58. The van der Waals surface area contributed by atoms with Crippen LogP contribution in [0.2, 0.25) is 0 Å². The van der Waals surface area contributed by atoms with E-state index in [0.717, 1.165) is 61.5 Å². The summed E-state index contributed by atoms with van der Waals surface area (Å²) >= 11 is 0. The number of aryl methyl sites for hydroxylation is 1. The zero-order valence-corrected chi connectivity index (χ0v) is 15.9. The van der Waals surface area contributed by atoms with Crippen LogP contribution in [0.15, 0.2) is 29.2 Å². The topological polar surface area (TPSA) is 77.8 Å². The number of rotatable bonds is 4. The smallest absolute Gasteiger partial charge is 0.341 e. The fourth-order valence-corrected chi connectivity index (χ4v) is 4.60. The third-order valence-electron chi connectivity index (χ3n) is 6.45. The Kier molecular flexibility index (Phi) is 3.88. The predicted molar refractivity (Wildman–Crippen MR) is 103 cm³/mol. The lowest BCUT2D eigenvalue weighted by Crippen LogP contribution is -2.46. The van der Waals surface area contributed by atoms with Crippen LogP contribution in [-0.4, -0.2) is 35.5 Å². The second-order valence-electron chi connectivity index (χ2n) is 8.36. The highest BCUT2D eigenvalue weighted by atomic mass is 16.5. The van der Waals surface area contributed by atoms with Gasteiger partial charge in [-0.2, -0.15) is 0 Å². The third kappa shape index (κ3) is 2.58. The molecule has 28 heavy (non-hydrogen) atoms. The molecule has 0 atom stereocenters. The normalized spacial score (nSPS) is 19.3. The molecule has 1 aromatic carbocycles. The summed E-state index contributed by atoms with van der Waals surface area (Å²) in [7, 11) is 0. The Bertz CT molecular complexity index is 1030. The molecule has 5 rings (SSSR count). The van der Waals surface area contributed by atoms with E-state index >= 15 is 0 Å². The van der Waals surface area contributed by atoms with Crippen LogP contribution in [-0.2, 0) is 16.7 Å². The van der Waals surface area contributed by atoms with Crippen molar-refractivity contribution in [2.45, 2.75) is 38.1 Å². The molecule has 0 radical (unpaired) electrons. The summed E-state index contributed by atoms with van der Waals surface area (Å²) in [6, 6.07) is 5.68. The van der Waals surface area contributed by atoms with Gasteiger partial charge in [-0.05, 0) is 55.9 Å². The lowest BCUT2D eigenvalue weighted by Gasteiger charge is -2.48. The number of aromatic nitrogens is 1. The van der Waals surface area contributed by atoms with Gasteiger partial charge in [0.25, 0.3) is 0 Å². The van der Waals surface area contributed by atoms with Crippen molar-refractivity contribution in [1.82, 2.24) is 4.57 Å². The van der Waals surface area contributed by atoms with Gasteiger partial charge in [0.1, 0.15) is 11.3 Å². The van der Waals surface area contributed by atoms with E-state index in [9.17, 15) is 14.7 Å². The van der Waals surface area contributed by atoms with Crippen molar-refractivity contribution >= 4 is 5.97 Å². The summed E-state index contributed by atoms with van der Waals surface area (Å²) in [5, 5.41) is 9.39. The Balaban J connectivity index is 1.60. The van der Waals surface area contributed by atoms with Crippen LogP contribution in [0.1, 0.15) is 40.7 Å². The van der Waals surface area contributed by atoms with E-state index in [1.165, 1.54) is 11.6 Å². The molecule has 1 saturated carbocycles. The van der Waals surface area contributed by atoms with Gasteiger partial charge in [-0.25, -0.2) is 4.79 Å². The number of aromatic carboxylic acids is 1. The first-order valence-corrected chi connectivity index (χ1v) is 9.82. The molecular formula is C22H23NO5. The summed E-state index contributed by atoms with van der Waals surface area (Å²) in [6.07, 6.45) is 5.48. The van der Waals surface area contributed by atoms with Crippen molar-refractivity contribution in [2.75, 3.05) is 19.8 Å². The minimum Gasteiger partial charge on any atom is -0.493 e. The van der Waals surface area contributed by atoms with Crippen LogP contribution in [0.4, 0.5) is 0 Å². The van der Waals surface area contributed by atoms with Crippen LogP contribution in [0, 0.1) is 12.8 Å². The molecule has 0 bridgehead atoms. The van der Waals surface area contributed by atoms with Crippen LogP contribution in [0.5, 0.6) is 5.75 Å². The second-order valence-corrected chi connectivity index (χ2v) is 8.36. The van der Waals surface area contributed by atoms with Gasteiger partial charge in [0, 0.05) is 29.3 Å². The number of fused-ring (bicyclic) bond motifs is 4. The number of nitrogens with zero attached hydrogens (tertiary/aromatic N) is 1. The maximum atomic E-state index is 12.4. The van der Waals surface area contributed by atoms with Gasteiger partial charge in [-0.3, -0.25) is 4.79 Å². The predicted octanol–water partition coefficient (Wildman–Crippen LogP) is 2.98. The van der Waals surface area contributed by atoms with Crippen LogP contribution < -0.4 is 10.2 Å². The minimum atomic E-state index is -1.17. The Labute approximate surface area is 162 Å². The number of ether oxygens (including phenoxy) is 2. The van der Waals surface area contributed by atoms with Crippen LogP contribution in [0.25, 0.3) is 11.3 Å². The molecule has 2 aliphatic heterocycles. The molecule has 3 aliphatic rings. The van der Waals surface area contributed by atoms with Crippen molar-refractivity contribution in [3.8, 4) is 17.0 Å². The Hall–Kier alpha value is -2.60. The lowest BCUT2D eigenvalue weighted by atomic mass is 9.69. The van der Waals surface area contributed by atoms with Gasteiger partial charge < -0.3 is 19.1 Å². The van der Waals surface area contributed by atoms with E-state index in [0.29, 0.717) is 12.5 Å². The maximum Gasteiger partial charge on any atom is 0.341 e. The minimum absolute atomic E-state index is 0.130. The van der Waals surface area contributed by atoms with Gasteiger partial charge in [0.05, 0.1) is 25.5 Å². The van der Waals surface area contributed by atoms with E-state index in [4.69, 9.17) is 9.47 Å². The van der Waals surface area contributed by atoms with Gasteiger partial charge in [0.2, 0.25) is 0 Å². The molecule has 1 spiro atoms. The van der Waals surface area contributed by atoms with E-state index in [-0.39, 0.29) is 11.1 Å². The molecular weight excluding hydrogens is 358 g/mol. The summed E-state index contributed by atoms with van der Waals surface area (Å²) in [4.78, 5) is 23.9. The van der Waals surface area contributed by atoms with E-state index in [1.54, 1.807) is 6.20 Å². The number of pyridine rings is 1. The lowest BCUT2D eigenvalue weighted by molar-refractivity contribution is -0.0509. The molecule has 6 heteroatoms. The number of carboxylic acid groups (broad SMARTS) is 1. The SMILES string of the molecule is Cc1cc2c(cc1OCC1COC1)CC1(CCC1)n1cc(C(=O)O)c(=O)cc1-2. The highest BCUT2D eigenvalue weighted by molar-refractivity contribution is 5.88. The zero-order valence-electron chi connectivity index (χ0n) is 15.9. The van der Waals surface area contributed by atoms with Crippen molar-refractivity contribution in [3.63, 3.8) is 0 Å². The van der Waals surface area contributed by atoms with Crippen molar-refractivity contribution < 1.29 is 19.4 Å². The summed E-state index contributed by atoms with van der Waals surface area (Å²) < 4.78 is 13.3. The third-order valence-corrected chi connectivity index (χ3v) is 6.45. The molecule has 0 unspecified atom stereocenters. The summed E-state index contributed by atoms with van der Waals surface area (Å²) in [5.41, 5.74) is 3.29. The molecule has 146 valence electrons. The van der Waals surface area contributed by atoms with Crippen molar-refractivity contribution in [2.24, 2.45) is 5.92 Å². The second kappa shape index (κ2) is 6.21. The average molecular weight is 381 g/mol. The van der Waals surface area contributed by atoms with Crippen molar-refractivity contribution in [1.29, 1.82) is 0 Å². The van der Waals surface area contributed by atoms with E-state index < -0.39 is 11.4 Å². The number of benzene rings is 1.